The van der Waals surface area contributed by atoms with Gasteiger partial charge < -0.3 is 9.47 Å². The molecule has 1 fully saturated rings. The maximum Gasteiger partial charge on any atom is 0.251 e. The van der Waals surface area contributed by atoms with Crippen molar-refractivity contribution in [2.45, 2.75) is 10.3 Å². The number of rotatable bonds is 4. The molecule has 1 aromatic rings. The van der Waals surface area contributed by atoms with Crippen LogP contribution >= 0.6 is 27.3 Å². The first-order valence-electron chi connectivity index (χ1n) is 5.01. The molecule has 0 bridgehead atoms. The lowest BCUT2D eigenvalue weighted by molar-refractivity contribution is -0.0846. The summed E-state index contributed by atoms with van der Waals surface area (Å²) in [5.41, 5.74) is 0. The van der Waals surface area contributed by atoms with Gasteiger partial charge in [0.1, 0.15) is 4.21 Å². The molecule has 1 aliphatic rings. The lowest BCUT2D eigenvalue weighted by Gasteiger charge is -2.22. The van der Waals surface area contributed by atoms with Crippen molar-refractivity contribution in [3.63, 3.8) is 0 Å². The van der Waals surface area contributed by atoms with E-state index in [9.17, 15) is 8.42 Å². The van der Waals surface area contributed by atoms with E-state index in [1.54, 1.807) is 11.4 Å². The second kappa shape index (κ2) is 5.77. The van der Waals surface area contributed by atoms with Crippen LogP contribution in [-0.2, 0) is 19.5 Å². The molecule has 0 spiro atoms. The highest BCUT2D eigenvalue weighted by Crippen LogP contribution is 2.27. The van der Waals surface area contributed by atoms with E-state index in [1.165, 1.54) is 11.3 Å². The summed E-state index contributed by atoms with van der Waals surface area (Å²) >= 11 is 4.38. The summed E-state index contributed by atoms with van der Waals surface area (Å²) in [6.07, 6.45) is -0.211. The Bertz CT molecular complexity index is 467. The Hall–Kier alpha value is 0.01000. The van der Waals surface area contributed by atoms with Crippen molar-refractivity contribution in [3.8, 4) is 0 Å². The molecular formula is C9H12BrNO4S2. The molecule has 96 valence electrons. The van der Waals surface area contributed by atoms with Gasteiger partial charge in [-0.3, -0.25) is 0 Å². The second-order valence-corrected chi connectivity index (χ2v) is 7.21. The summed E-state index contributed by atoms with van der Waals surface area (Å²) in [7, 11) is -3.46. The summed E-state index contributed by atoms with van der Waals surface area (Å²) in [4.78, 5) is 0. The van der Waals surface area contributed by atoms with Gasteiger partial charge in [0.15, 0.2) is 0 Å². The molecule has 17 heavy (non-hydrogen) atoms. The molecule has 0 amide bonds. The van der Waals surface area contributed by atoms with Crippen molar-refractivity contribution in [2.24, 2.45) is 0 Å². The molecule has 0 aliphatic carbocycles. The van der Waals surface area contributed by atoms with Crippen LogP contribution in [0.3, 0.4) is 0 Å². The molecule has 5 nitrogen and oxygen atoms in total. The van der Waals surface area contributed by atoms with Gasteiger partial charge in [0, 0.05) is 11.0 Å². The second-order valence-electron chi connectivity index (χ2n) is 3.48. The smallest absolute Gasteiger partial charge is 0.251 e. The molecule has 1 aliphatic heterocycles. The minimum Gasteiger partial charge on any atom is -0.376 e. The molecule has 1 N–H and O–H groups in total. The van der Waals surface area contributed by atoms with Gasteiger partial charge in [-0.25, -0.2) is 13.1 Å². The molecule has 1 unspecified atom stereocenters. The van der Waals surface area contributed by atoms with Crippen LogP contribution in [0.2, 0.25) is 0 Å². The maximum absolute atomic E-state index is 11.9. The number of ether oxygens (including phenoxy) is 2. The van der Waals surface area contributed by atoms with Gasteiger partial charge in [0.25, 0.3) is 10.0 Å². The largest absolute Gasteiger partial charge is 0.376 e. The third-order valence-electron chi connectivity index (χ3n) is 2.21. The van der Waals surface area contributed by atoms with E-state index >= 15 is 0 Å². The fourth-order valence-electron chi connectivity index (χ4n) is 1.39. The van der Waals surface area contributed by atoms with Gasteiger partial charge in [0.2, 0.25) is 0 Å². The Labute approximate surface area is 112 Å². The summed E-state index contributed by atoms with van der Waals surface area (Å²) in [5, 5.41) is 1.72. The van der Waals surface area contributed by atoms with Crippen LogP contribution in [0.15, 0.2) is 20.1 Å². The van der Waals surface area contributed by atoms with Crippen molar-refractivity contribution in [2.75, 3.05) is 26.4 Å². The Morgan fingerprint density at radius 1 is 1.53 bits per heavy atom. The van der Waals surface area contributed by atoms with Crippen LogP contribution in [0.5, 0.6) is 0 Å². The molecule has 1 saturated heterocycles. The first-order valence-corrected chi connectivity index (χ1v) is 8.17. The van der Waals surface area contributed by atoms with E-state index in [2.05, 4.69) is 20.7 Å². The van der Waals surface area contributed by atoms with E-state index < -0.39 is 10.0 Å². The fourth-order valence-corrected chi connectivity index (χ4v) is 4.84. The highest BCUT2D eigenvalue weighted by Gasteiger charge is 2.22. The first kappa shape index (κ1) is 13.4. The van der Waals surface area contributed by atoms with E-state index in [0.717, 1.165) is 0 Å². The summed E-state index contributed by atoms with van der Waals surface area (Å²) in [5.74, 6) is 0. The molecular weight excluding hydrogens is 330 g/mol. The van der Waals surface area contributed by atoms with Crippen LogP contribution < -0.4 is 4.72 Å². The van der Waals surface area contributed by atoms with Gasteiger partial charge in [-0.15, -0.1) is 11.3 Å². The minimum atomic E-state index is -3.46. The zero-order valence-corrected chi connectivity index (χ0v) is 12.1. The average Bonchev–Trinajstić information content (AvgIpc) is 2.75. The van der Waals surface area contributed by atoms with Gasteiger partial charge in [-0.05, 0) is 27.4 Å². The summed E-state index contributed by atoms with van der Waals surface area (Å²) in [6, 6.07) is 1.71. The monoisotopic (exact) mass is 341 g/mol. The van der Waals surface area contributed by atoms with Crippen LogP contribution in [0, 0.1) is 0 Å². The van der Waals surface area contributed by atoms with Gasteiger partial charge in [-0.1, -0.05) is 0 Å². The molecule has 1 atom stereocenters. The Kier molecular flexibility index (Phi) is 4.56. The van der Waals surface area contributed by atoms with Crippen molar-refractivity contribution in [1.82, 2.24) is 4.72 Å². The highest BCUT2D eigenvalue weighted by molar-refractivity contribution is 9.10. The standard InChI is InChI=1S/C9H12BrNO4S2/c10-8-1-4-16-9(8)17(12,13)11-5-7-6-14-2-3-15-7/h1,4,7,11H,2-3,5-6H2. The summed E-state index contributed by atoms with van der Waals surface area (Å²) in [6.45, 7) is 1.73. The lowest BCUT2D eigenvalue weighted by atomic mass is 10.3. The molecule has 0 aromatic carbocycles. The van der Waals surface area contributed by atoms with Gasteiger partial charge in [0.05, 0.1) is 25.9 Å². The van der Waals surface area contributed by atoms with E-state index in [1.807, 2.05) is 0 Å². The SMILES string of the molecule is O=S(=O)(NCC1COCCO1)c1sccc1Br. The lowest BCUT2D eigenvalue weighted by Crippen LogP contribution is -2.39. The predicted octanol–water partition coefficient (Wildman–Crippen LogP) is 1.20. The molecule has 1 aromatic heterocycles. The molecule has 8 heteroatoms. The van der Waals surface area contributed by atoms with Gasteiger partial charge >= 0.3 is 0 Å². The third kappa shape index (κ3) is 3.49. The Morgan fingerprint density at radius 2 is 2.35 bits per heavy atom. The number of hydrogen-bond donors (Lipinski definition) is 1. The van der Waals surface area contributed by atoms with Crippen molar-refractivity contribution < 1.29 is 17.9 Å². The number of nitrogens with one attached hydrogen (secondary N) is 1. The van der Waals surface area contributed by atoms with Crippen LogP contribution in [0.1, 0.15) is 0 Å². The zero-order chi connectivity index (χ0) is 12.3. The molecule has 0 saturated carbocycles. The minimum absolute atomic E-state index is 0.211. The third-order valence-corrected chi connectivity index (χ3v) is 6.31. The average molecular weight is 342 g/mol. The van der Waals surface area contributed by atoms with Crippen LogP contribution in [0.4, 0.5) is 0 Å². The molecule has 2 heterocycles. The Balaban J connectivity index is 1.96. The van der Waals surface area contributed by atoms with Crippen molar-refractivity contribution in [3.05, 3.63) is 15.9 Å². The Morgan fingerprint density at radius 3 is 2.94 bits per heavy atom. The van der Waals surface area contributed by atoms with E-state index in [0.29, 0.717) is 24.3 Å². The summed E-state index contributed by atoms with van der Waals surface area (Å²) < 4.78 is 37.8. The number of halogens is 1. The highest BCUT2D eigenvalue weighted by atomic mass is 79.9. The predicted molar refractivity (Wildman–Crippen MR) is 67.8 cm³/mol. The van der Waals surface area contributed by atoms with Crippen LogP contribution in [-0.4, -0.2) is 40.9 Å². The van der Waals surface area contributed by atoms with E-state index in [-0.39, 0.29) is 16.9 Å². The van der Waals surface area contributed by atoms with Crippen molar-refractivity contribution >= 4 is 37.3 Å². The zero-order valence-electron chi connectivity index (χ0n) is 8.89. The normalized spacial score (nSPS) is 21.6. The molecule has 0 radical (unpaired) electrons. The number of hydrogen-bond acceptors (Lipinski definition) is 5. The van der Waals surface area contributed by atoms with Crippen LogP contribution in [0.25, 0.3) is 0 Å². The molecule has 2 rings (SSSR count). The number of thiophene rings is 1. The van der Waals surface area contributed by atoms with E-state index in [4.69, 9.17) is 9.47 Å². The van der Waals surface area contributed by atoms with Gasteiger partial charge in [-0.2, -0.15) is 0 Å². The topological polar surface area (TPSA) is 64.6 Å². The fraction of sp³-hybridized carbons (Fsp3) is 0.556. The first-order chi connectivity index (χ1) is 8.09. The van der Waals surface area contributed by atoms with Crippen molar-refractivity contribution in [1.29, 1.82) is 0 Å². The number of sulfonamides is 1. The quantitative estimate of drug-likeness (QED) is 0.893. The maximum atomic E-state index is 11.9.